The lowest BCUT2D eigenvalue weighted by Gasteiger charge is -2.05. The van der Waals surface area contributed by atoms with Crippen LogP contribution in [-0.2, 0) is 7.05 Å². The maximum absolute atomic E-state index is 11.8. The van der Waals surface area contributed by atoms with Crippen LogP contribution in [0.1, 0.15) is 0 Å². The first-order valence-corrected chi connectivity index (χ1v) is 4.57. The van der Waals surface area contributed by atoms with Crippen molar-refractivity contribution >= 4 is 5.69 Å². The molecule has 0 spiro atoms. The maximum Gasteiger partial charge on any atom is 0.274 e. The largest absolute Gasteiger partial charge is 0.398 e. The molecule has 1 aromatic heterocycles. The maximum atomic E-state index is 11.8. The minimum atomic E-state index is -0.143. The van der Waals surface area contributed by atoms with E-state index in [0.29, 0.717) is 11.3 Å². The van der Waals surface area contributed by atoms with Gasteiger partial charge in [0, 0.05) is 24.5 Å². The second-order valence-electron chi connectivity index (χ2n) is 3.26. The third-order valence-electron chi connectivity index (χ3n) is 2.26. The van der Waals surface area contributed by atoms with Gasteiger partial charge in [-0.15, -0.1) is 0 Å². The lowest BCUT2D eigenvalue weighted by molar-refractivity contribution is 0.709. The molecule has 76 valence electrons. The van der Waals surface area contributed by atoms with Crippen LogP contribution in [0.2, 0.25) is 0 Å². The van der Waals surface area contributed by atoms with Crippen molar-refractivity contribution in [3.63, 3.8) is 0 Å². The van der Waals surface area contributed by atoms with Crippen molar-refractivity contribution < 1.29 is 0 Å². The van der Waals surface area contributed by atoms with E-state index in [1.54, 1.807) is 25.4 Å². The van der Waals surface area contributed by atoms with Crippen LogP contribution in [-0.4, -0.2) is 9.78 Å². The molecule has 1 heterocycles. The number of anilines is 1. The van der Waals surface area contributed by atoms with Gasteiger partial charge in [-0.05, 0) is 12.1 Å². The van der Waals surface area contributed by atoms with Gasteiger partial charge in [-0.2, -0.15) is 5.10 Å². The number of aromatic nitrogens is 2. The van der Waals surface area contributed by atoms with Crippen LogP contribution in [0.15, 0.2) is 41.3 Å². The summed E-state index contributed by atoms with van der Waals surface area (Å²) >= 11 is 0. The fourth-order valence-corrected chi connectivity index (χ4v) is 1.45. The van der Waals surface area contributed by atoms with Gasteiger partial charge in [-0.1, -0.05) is 18.2 Å². The van der Waals surface area contributed by atoms with E-state index >= 15 is 0 Å². The third-order valence-corrected chi connectivity index (χ3v) is 2.26. The van der Waals surface area contributed by atoms with Gasteiger partial charge in [0.1, 0.15) is 0 Å². The lowest BCUT2D eigenvalue weighted by atomic mass is 10.1. The highest BCUT2D eigenvalue weighted by atomic mass is 16.1. The molecule has 0 aliphatic carbocycles. The smallest absolute Gasteiger partial charge is 0.274 e. The Morgan fingerprint density at radius 3 is 2.67 bits per heavy atom. The average molecular weight is 201 g/mol. The molecule has 4 heteroatoms. The van der Waals surface area contributed by atoms with E-state index in [4.69, 9.17) is 5.73 Å². The van der Waals surface area contributed by atoms with Crippen molar-refractivity contribution in [1.29, 1.82) is 0 Å². The normalized spacial score (nSPS) is 10.2. The fourth-order valence-electron chi connectivity index (χ4n) is 1.45. The molecule has 0 bridgehead atoms. The molecule has 0 fully saturated rings. The summed E-state index contributed by atoms with van der Waals surface area (Å²) in [5.41, 5.74) is 7.58. The molecule has 0 aliphatic heterocycles. The zero-order chi connectivity index (χ0) is 10.8. The summed E-state index contributed by atoms with van der Waals surface area (Å²) < 4.78 is 1.29. The van der Waals surface area contributed by atoms with Crippen LogP contribution >= 0.6 is 0 Å². The lowest BCUT2D eigenvalue weighted by Crippen LogP contribution is -2.20. The Morgan fingerprint density at radius 2 is 1.93 bits per heavy atom. The van der Waals surface area contributed by atoms with E-state index < -0.39 is 0 Å². The first-order valence-electron chi connectivity index (χ1n) is 4.57. The summed E-state index contributed by atoms with van der Waals surface area (Å²) in [5, 5.41) is 3.86. The Balaban J connectivity index is 2.70. The molecule has 0 aliphatic rings. The molecule has 15 heavy (non-hydrogen) atoms. The second-order valence-corrected chi connectivity index (χ2v) is 3.26. The quantitative estimate of drug-likeness (QED) is 0.701. The predicted octanol–water partition coefficient (Wildman–Crippen LogP) is 1.03. The Labute approximate surface area is 87.0 Å². The van der Waals surface area contributed by atoms with Gasteiger partial charge in [-0.3, -0.25) is 4.79 Å². The molecular weight excluding hydrogens is 190 g/mol. The molecule has 0 unspecified atom stereocenters. The number of hydrogen-bond donors (Lipinski definition) is 1. The molecule has 0 atom stereocenters. The van der Waals surface area contributed by atoms with E-state index in [0.717, 1.165) is 5.56 Å². The van der Waals surface area contributed by atoms with Gasteiger partial charge in [0.2, 0.25) is 0 Å². The fraction of sp³-hybridized carbons (Fsp3) is 0.0909. The highest BCUT2D eigenvalue weighted by molar-refractivity contribution is 5.75. The number of nitrogens with zero attached hydrogens (tertiary/aromatic N) is 2. The van der Waals surface area contributed by atoms with Crippen LogP contribution in [0.3, 0.4) is 0 Å². The van der Waals surface area contributed by atoms with Crippen LogP contribution in [0, 0.1) is 0 Å². The monoisotopic (exact) mass is 201 g/mol. The molecule has 0 amide bonds. The van der Waals surface area contributed by atoms with Gasteiger partial charge in [-0.25, -0.2) is 4.68 Å². The number of rotatable bonds is 1. The van der Waals surface area contributed by atoms with Gasteiger partial charge in [0.25, 0.3) is 5.56 Å². The molecule has 2 aromatic rings. The molecule has 2 rings (SSSR count). The molecule has 2 N–H and O–H groups in total. The van der Waals surface area contributed by atoms with Crippen molar-refractivity contribution in [2.24, 2.45) is 7.05 Å². The van der Waals surface area contributed by atoms with E-state index in [1.807, 2.05) is 18.2 Å². The van der Waals surface area contributed by atoms with Crippen molar-refractivity contribution in [2.75, 3.05) is 5.73 Å². The standard InChI is InChI=1S/C11H11N3O/c1-14-11(15)9(6-7-13-14)8-4-2-3-5-10(8)12/h2-7H,12H2,1H3. The Kier molecular flexibility index (Phi) is 2.25. The van der Waals surface area contributed by atoms with Crippen LogP contribution in [0.5, 0.6) is 0 Å². The van der Waals surface area contributed by atoms with Crippen LogP contribution < -0.4 is 11.3 Å². The number of benzene rings is 1. The number of nitrogen functional groups attached to an aromatic ring is 1. The number of para-hydroxylation sites is 1. The zero-order valence-electron chi connectivity index (χ0n) is 8.34. The van der Waals surface area contributed by atoms with Crippen molar-refractivity contribution in [3.8, 4) is 11.1 Å². The summed E-state index contributed by atoms with van der Waals surface area (Å²) in [6.45, 7) is 0. The molecule has 4 nitrogen and oxygen atoms in total. The summed E-state index contributed by atoms with van der Waals surface area (Å²) in [6.07, 6.45) is 1.59. The SMILES string of the molecule is Cn1nccc(-c2ccccc2N)c1=O. The molecule has 0 saturated heterocycles. The third kappa shape index (κ3) is 1.61. The van der Waals surface area contributed by atoms with Gasteiger partial charge < -0.3 is 5.73 Å². The van der Waals surface area contributed by atoms with Gasteiger partial charge in [0.05, 0.1) is 5.56 Å². The zero-order valence-corrected chi connectivity index (χ0v) is 8.34. The van der Waals surface area contributed by atoms with E-state index in [-0.39, 0.29) is 5.56 Å². The Hall–Kier alpha value is -2.10. The van der Waals surface area contributed by atoms with Crippen molar-refractivity contribution in [2.45, 2.75) is 0 Å². The first kappa shape index (κ1) is 9.45. The topological polar surface area (TPSA) is 60.9 Å². The van der Waals surface area contributed by atoms with E-state index in [2.05, 4.69) is 5.10 Å². The summed E-state index contributed by atoms with van der Waals surface area (Å²) in [7, 11) is 1.62. The highest BCUT2D eigenvalue weighted by Gasteiger charge is 2.06. The van der Waals surface area contributed by atoms with Gasteiger partial charge in [0.15, 0.2) is 0 Å². The Bertz CT molecular complexity index is 546. The number of hydrogen-bond acceptors (Lipinski definition) is 3. The summed E-state index contributed by atoms with van der Waals surface area (Å²) in [6, 6.07) is 8.96. The average Bonchev–Trinajstić information content (AvgIpc) is 2.23. The van der Waals surface area contributed by atoms with E-state index in [1.165, 1.54) is 4.68 Å². The van der Waals surface area contributed by atoms with Crippen molar-refractivity contribution in [1.82, 2.24) is 9.78 Å². The molecular formula is C11H11N3O. The first-order chi connectivity index (χ1) is 7.20. The summed E-state index contributed by atoms with van der Waals surface area (Å²) in [5.74, 6) is 0. The number of aryl methyl sites for hydroxylation is 1. The van der Waals surface area contributed by atoms with Crippen LogP contribution in [0.25, 0.3) is 11.1 Å². The molecule has 1 aromatic carbocycles. The second kappa shape index (κ2) is 3.57. The summed E-state index contributed by atoms with van der Waals surface area (Å²) in [4.78, 5) is 11.8. The predicted molar refractivity (Wildman–Crippen MR) is 59.3 cm³/mol. The Morgan fingerprint density at radius 1 is 1.20 bits per heavy atom. The highest BCUT2D eigenvalue weighted by Crippen LogP contribution is 2.21. The molecule has 0 radical (unpaired) electrons. The van der Waals surface area contributed by atoms with Gasteiger partial charge >= 0.3 is 0 Å². The number of nitrogens with two attached hydrogens (primary N) is 1. The van der Waals surface area contributed by atoms with Crippen molar-refractivity contribution in [3.05, 3.63) is 46.9 Å². The van der Waals surface area contributed by atoms with E-state index in [9.17, 15) is 4.79 Å². The molecule has 0 saturated carbocycles. The minimum absolute atomic E-state index is 0.143. The van der Waals surface area contributed by atoms with Crippen LogP contribution in [0.4, 0.5) is 5.69 Å². The minimum Gasteiger partial charge on any atom is -0.398 e.